The smallest absolute Gasteiger partial charge is 0.272 e. The van der Waals surface area contributed by atoms with Gasteiger partial charge in [0.25, 0.3) is 5.91 Å². The Morgan fingerprint density at radius 2 is 2.18 bits per heavy atom. The first-order valence-electron chi connectivity index (χ1n) is 5.91. The number of aromatic nitrogens is 1. The molecule has 0 aliphatic carbocycles. The molecule has 1 aliphatic rings. The summed E-state index contributed by atoms with van der Waals surface area (Å²) in [5, 5.41) is 0. The van der Waals surface area contributed by atoms with E-state index in [9.17, 15) is 4.79 Å². The maximum Gasteiger partial charge on any atom is 0.272 e. The van der Waals surface area contributed by atoms with E-state index in [-0.39, 0.29) is 12.0 Å². The number of likely N-dealkylation sites (tertiary alicyclic amines) is 1. The largest absolute Gasteiger partial charge is 0.378 e. The van der Waals surface area contributed by atoms with Crippen molar-refractivity contribution in [2.75, 3.05) is 20.2 Å². The van der Waals surface area contributed by atoms with Gasteiger partial charge in [-0.05, 0) is 18.1 Å². The van der Waals surface area contributed by atoms with Gasteiger partial charge in [-0.3, -0.25) is 4.79 Å². The number of hydrogen-bond donors (Lipinski definition) is 0. The predicted octanol–water partition coefficient (Wildman–Crippen LogP) is 1.68. The van der Waals surface area contributed by atoms with E-state index in [1.54, 1.807) is 18.1 Å². The predicted molar refractivity (Wildman–Crippen MR) is 65.0 cm³/mol. The van der Waals surface area contributed by atoms with Gasteiger partial charge >= 0.3 is 0 Å². The summed E-state index contributed by atoms with van der Waals surface area (Å²) >= 11 is 0. The van der Waals surface area contributed by atoms with Crippen LogP contribution in [-0.4, -0.2) is 42.1 Å². The molecular weight excluding hydrogens is 216 g/mol. The van der Waals surface area contributed by atoms with Gasteiger partial charge in [0.15, 0.2) is 0 Å². The van der Waals surface area contributed by atoms with Gasteiger partial charge in [0.05, 0.1) is 6.10 Å². The zero-order chi connectivity index (χ0) is 12.4. The molecule has 0 saturated carbocycles. The summed E-state index contributed by atoms with van der Waals surface area (Å²) in [6.45, 7) is 5.48. The first-order valence-corrected chi connectivity index (χ1v) is 5.91. The number of hydrogen-bond acceptors (Lipinski definition) is 3. The van der Waals surface area contributed by atoms with Gasteiger partial charge in [0, 0.05) is 25.9 Å². The highest BCUT2D eigenvalue weighted by atomic mass is 16.5. The van der Waals surface area contributed by atoms with E-state index in [1.165, 1.54) is 0 Å². The number of nitrogens with zero attached hydrogens (tertiary/aromatic N) is 2. The quantitative estimate of drug-likeness (QED) is 0.799. The molecule has 1 aliphatic heterocycles. The van der Waals surface area contributed by atoms with Crippen LogP contribution in [0.15, 0.2) is 18.2 Å². The van der Waals surface area contributed by atoms with Crippen LogP contribution in [0.3, 0.4) is 0 Å². The van der Waals surface area contributed by atoms with Gasteiger partial charge in [0.1, 0.15) is 5.69 Å². The Kier molecular flexibility index (Phi) is 3.43. The average Bonchev–Trinajstić information content (AvgIpc) is 2.27. The van der Waals surface area contributed by atoms with E-state index in [0.717, 1.165) is 5.69 Å². The second kappa shape index (κ2) is 4.84. The third kappa shape index (κ3) is 2.47. The summed E-state index contributed by atoms with van der Waals surface area (Å²) in [5.74, 6) is 0.340. The molecule has 0 radical (unpaired) electrons. The van der Waals surface area contributed by atoms with Crippen molar-refractivity contribution < 1.29 is 9.53 Å². The molecule has 4 heteroatoms. The Hall–Kier alpha value is -1.42. The van der Waals surface area contributed by atoms with Gasteiger partial charge in [-0.25, -0.2) is 4.98 Å². The minimum atomic E-state index is 0.000741. The van der Waals surface area contributed by atoms with Gasteiger partial charge in [0.2, 0.25) is 0 Å². The summed E-state index contributed by atoms with van der Waals surface area (Å²) in [6.07, 6.45) is 0.187. The maximum atomic E-state index is 12.1. The fraction of sp³-hybridized carbons (Fsp3) is 0.538. The molecule has 0 spiro atoms. The lowest BCUT2D eigenvalue weighted by molar-refractivity contribution is -0.0194. The normalized spacial score (nSPS) is 16.1. The second-order valence-electron chi connectivity index (χ2n) is 4.67. The van der Waals surface area contributed by atoms with Crippen molar-refractivity contribution in [3.05, 3.63) is 29.6 Å². The van der Waals surface area contributed by atoms with Crippen LogP contribution in [0.4, 0.5) is 0 Å². The molecule has 0 N–H and O–H groups in total. The summed E-state index contributed by atoms with van der Waals surface area (Å²) in [6, 6.07) is 5.62. The van der Waals surface area contributed by atoms with E-state index < -0.39 is 0 Å². The molecule has 1 aromatic heterocycles. The molecule has 1 fully saturated rings. The molecule has 92 valence electrons. The van der Waals surface area contributed by atoms with Crippen LogP contribution in [0.2, 0.25) is 0 Å². The number of rotatable bonds is 3. The number of methoxy groups -OCH3 is 1. The highest BCUT2D eigenvalue weighted by Crippen LogP contribution is 2.16. The average molecular weight is 234 g/mol. The highest BCUT2D eigenvalue weighted by Gasteiger charge is 2.31. The lowest BCUT2D eigenvalue weighted by atomic mass is 10.1. The summed E-state index contributed by atoms with van der Waals surface area (Å²) in [5.41, 5.74) is 1.49. The SMILES string of the molecule is COC1CN(C(=O)c2cccc(C(C)C)n2)C1. The van der Waals surface area contributed by atoms with Gasteiger partial charge in [-0.1, -0.05) is 19.9 Å². The van der Waals surface area contributed by atoms with Crippen molar-refractivity contribution in [1.29, 1.82) is 0 Å². The van der Waals surface area contributed by atoms with E-state index in [2.05, 4.69) is 18.8 Å². The molecule has 2 heterocycles. The fourth-order valence-electron chi connectivity index (χ4n) is 1.81. The molecule has 1 saturated heterocycles. The fourth-order valence-corrected chi connectivity index (χ4v) is 1.81. The van der Waals surface area contributed by atoms with Gasteiger partial charge < -0.3 is 9.64 Å². The Bertz CT molecular complexity index is 412. The Morgan fingerprint density at radius 1 is 1.47 bits per heavy atom. The molecule has 0 aromatic carbocycles. The lowest BCUT2D eigenvalue weighted by Crippen LogP contribution is -2.54. The Labute approximate surface area is 102 Å². The van der Waals surface area contributed by atoms with Crippen molar-refractivity contribution >= 4 is 5.91 Å². The molecule has 0 atom stereocenters. The minimum Gasteiger partial charge on any atom is -0.378 e. The van der Waals surface area contributed by atoms with Gasteiger partial charge in [-0.2, -0.15) is 0 Å². The lowest BCUT2D eigenvalue weighted by Gasteiger charge is -2.37. The Balaban J connectivity index is 2.07. The van der Waals surface area contributed by atoms with Crippen molar-refractivity contribution in [2.45, 2.75) is 25.9 Å². The van der Waals surface area contributed by atoms with Crippen molar-refractivity contribution in [3.63, 3.8) is 0 Å². The third-order valence-corrected chi connectivity index (χ3v) is 3.05. The number of ether oxygens (including phenoxy) is 1. The summed E-state index contributed by atoms with van der Waals surface area (Å²) in [7, 11) is 1.67. The first kappa shape index (κ1) is 12.0. The van der Waals surface area contributed by atoms with Crippen LogP contribution in [0.1, 0.15) is 35.9 Å². The molecule has 1 aromatic rings. The third-order valence-electron chi connectivity index (χ3n) is 3.05. The topological polar surface area (TPSA) is 42.4 Å². The van der Waals surface area contributed by atoms with Gasteiger partial charge in [-0.15, -0.1) is 0 Å². The van der Waals surface area contributed by atoms with Crippen LogP contribution in [0.25, 0.3) is 0 Å². The number of carbonyl (C=O) groups excluding carboxylic acids is 1. The first-order chi connectivity index (χ1) is 8.11. The second-order valence-corrected chi connectivity index (χ2v) is 4.67. The minimum absolute atomic E-state index is 0.000741. The van der Waals surface area contributed by atoms with Crippen LogP contribution >= 0.6 is 0 Å². The zero-order valence-electron chi connectivity index (χ0n) is 10.5. The highest BCUT2D eigenvalue weighted by molar-refractivity contribution is 5.92. The van der Waals surface area contributed by atoms with Crippen LogP contribution in [-0.2, 0) is 4.74 Å². The standard InChI is InChI=1S/C13H18N2O2/c1-9(2)11-5-4-6-12(14-11)13(16)15-7-10(8-15)17-3/h4-6,9-10H,7-8H2,1-3H3. The van der Waals surface area contributed by atoms with E-state index in [4.69, 9.17) is 4.74 Å². The number of carbonyl (C=O) groups is 1. The molecule has 4 nitrogen and oxygen atoms in total. The monoisotopic (exact) mass is 234 g/mol. The molecule has 17 heavy (non-hydrogen) atoms. The van der Waals surface area contributed by atoms with Crippen LogP contribution < -0.4 is 0 Å². The summed E-state index contributed by atoms with van der Waals surface area (Å²) in [4.78, 5) is 18.2. The van der Waals surface area contributed by atoms with Crippen molar-refractivity contribution in [1.82, 2.24) is 9.88 Å². The molecule has 2 rings (SSSR count). The molecule has 0 unspecified atom stereocenters. The van der Waals surface area contributed by atoms with E-state index in [0.29, 0.717) is 24.7 Å². The summed E-state index contributed by atoms with van der Waals surface area (Å²) < 4.78 is 5.15. The molecular formula is C13H18N2O2. The van der Waals surface area contributed by atoms with Crippen LogP contribution in [0, 0.1) is 0 Å². The molecule has 1 amide bonds. The zero-order valence-corrected chi connectivity index (χ0v) is 10.5. The van der Waals surface area contributed by atoms with E-state index >= 15 is 0 Å². The maximum absolute atomic E-state index is 12.1. The van der Waals surface area contributed by atoms with Crippen molar-refractivity contribution in [3.8, 4) is 0 Å². The van der Waals surface area contributed by atoms with Crippen LogP contribution in [0.5, 0.6) is 0 Å². The van der Waals surface area contributed by atoms with Crippen molar-refractivity contribution in [2.24, 2.45) is 0 Å². The number of amides is 1. The molecule has 0 bridgehead atoms. The van der Waals surface area contributed by atoms with E-state index in [1.807, 2.05) is 12.1 Å². The Morgan fingerprint density at radius 3 is 2.76 bits per heavy atom. The number of pyridine rings is 1.